The molecule has 7 nitrogen and oxygen atoms in total. The van der Waals surface area contributed by atoms with Gasteiger partial charge in [-0.1, -0.05) is 66.7 Å². The summed E-state index contributed by atoms with van der Waals surface area (Å²) in [7, 11) is 1.34. The second-order valence-corrected chi connectivity index (χ2v) is 8.49. The van der Waals surface area contributed by atoms with Crippen LogP contribution in [0.15, 0.2) is 90.7 Å². The summed E-state index contributed by atoms with van der Waals surface area (Å²) in [6.07, 6.45) is 1.65. The number of methoxy groups -OCH3 is 1. The van der Waals surface area contributed by atoms with Crippen molar-refractivity contribution in [2.45, 2.75) is 38.4 Å². The van der Waals surface area contributed by atoms with Gasteiger partial charge in [-0.2, -0.15) is 0 Å². The molecular weight excluding hydrogens is 458 g/mol. The number of nitrogens with one attached hydrogen (secondary N) is 1. The van der Waals surface area contributed by atoms with E-state index in [2.05, 4.69) is 5.32 Å². The second-order valence-electron chi connectivity index (χ2n) is 8.49. The first-order valence-corrected chi connectivity index (χ1v) is 11.7. The van der Waals surface area contributed by atoms with E-state index in [4.69, 9.17) is 14.2 Å². The molecule has 0 spiro atoms. The van der Waals surface area contributed by atoms with Crippen LogP contribution in [0, 0.1) is 0 Å². The van der Waals surface area contributed by atoms with Gasteiger partial charge in [0.1, 0.15) is 0 Å². The Morgan fingerprint density at radius 1 is 0.944 bits per heavy atom. The number of carbonyl (C=O) groups is 2. The molecule has 0 saturated heterocycles. The van der Waals surface area contributed by atoms with E-state index < -0.39 is 12.3 Å². The molecule has 1 heterocycles. The Labute approximate surface area is 210 Å². The van der Waals surface area contributed by atoms with Crippen molar-refractivity contribution in [3.8, 4) is 0 Å². The minimum atomic E-state index is -0.643. The first kappa shape index (κ1) is 25.2. The third-order valence-electron chi connectivity index (χ3n) is 5.98. The highest BCUT2D eigenvalue weighted by Gasteiger charge is 2.29. The van der Waals surface area contributed by atoms with Crippen LogP contribution in [0.2, 0.25) is 0 Å². The molecule has 3 aromatic rings. The fraction of sp³-hybridized carbons (Fsp3) is 0.241. The molecule has 0 bridgehead atoms. The van der Waals surface area contributed by atoms with Crippen LogP contribution in [0.3, 0.4) is 0 Å². The van der Waals surface area contributed by atoms with Crippen LogP contribution < -0.4 is 5.32 Å². The van der Waals surface area contributed by atoms with Gasteiger partial charge in [0, 0.05) is 18.9 Å². The second kappa shape index (κ2) is 12.2. The van der Waals surface area contributed by atoms with Crippen molar-refractivity contribution in [3.05, 3.63) is 119 Å². The number of benzene rings is 3. The zero-order chi connectivity index (χ0) is 25.3. The smallest absolute Gasteiger partial charge is 0.337 e. The van der Waals surface area contributed by atoms with Gasteiger partial charge in [0.15, 0.2) is 5.76 Å². The van der Waals surface area contributed by atoms with E-state index in [9.17, 15) is 14.7 Å². The highest BCUT2D eigenvalue weighted by Crippen LogP contribution is 2.32. The van der Waals surface area contributed by atoms with E-state index in [1.165, 1.54) is 7.11 Å². The minimum Gasteiger partial charge on any atom is -0.465 e. The van der Waals surface area contributed by atoms with E-state index in [-0.39, 0.29) is 24.2 Å². The average Bonchev–Trinajstić information content (AvgIpc) is 2.95. The number of hydrogen-bond acceptors (Lipinski definition) is 6. The Kier molecular flexibility index (Phi) is 8.49. The van der Waals surface area contributed by atoms with Crippen molar-refractivity contribution in [1.29, 1.82) is 0 Å². The summed E-state index contributed by atoms with van der Waals surface area (Å²) in [6, 6.07) is 24.2. The van der Waals surface area contributed by atoms with Crippen molar-refractivity contribution < 1.29 is 28.9 Å². The Hall–Kier alpha value is -3.94. The maximum atomic E-state index is 13.0. The van der Waals surface area contributed by atoms with Gasteiger partial charge in [-0.05, 0) is 40.5 Å². The normalized spacial score (nSPS) is 17.0. The fourth-order valence-electron chi connectivity index (χ4n) is 3.93. The molecule has 2 atom stereocenters. The number of ether oxygens (including phenoxy) is 3. The van der Waals surface area contributed by atoms with Crippen LogP contribution in [-0.4, -0.2) is 30.4 Å². The van der Waals surface area contributed by atoms with Crippen molar-refractivity contribution in [2.24, 2.45) is 0 Å². The predicted octanol–water partition coefficient (Wildman–Crippen LogP) is 4.21. The molecule has 4 rings (SSSR count). The molecule has 2 N–H and O–H groups in total. The van der Waals surface area contributed by atoms with Gasteiger partial charge in [0.2, 0.25) is 6.29 Å². The maximum absolute atomic E-state index is 13.0. The number of amides is 1. The van der Waals surface area contributed by atoms with Gasteiger partial charge in [0.25, 0.3) is 5.91 Å². The SMILES string of the molecule is COC(=O)c1ccc(C2C=C(C(=O)NCc3ccccc3)OC(OCc3ccc(CO)cc3)C2)cc1. The summed E-state index contributed by atoms with van der Waals surface area (Å²) < 4.78 is 16.8. The number of rotatable bonds is 9. The molecule has 1 aliphatic heterocycles. The van der Waals surface area contributed by atoms with Gasteiger partial charge < -0.3 is 24.6 Å². The molecule has 0 aliphatic carbocycles. The van der Waals surface area contributed by atoms with Crippen LogP contribution in [0.4, 0.5) is 0 Å². The molecule has 36 heavy (non-hydrogen) atoms. The molecule has 0 fully saturated rings. The first-order valence-electron chi connectivity index (χ1n) is 11.7. The summed E-state index contributed by atoms with van der Waals surface area (Å²) in [5.41, 5.74) is 4.12. The van der Waals surface area contributed by atoms with E-state index in [0.717, 1.165) is 22.3 Å². The molecule has 0 aromatic heterocycles. The van der Waals surface area contributed by atoms with Crippen molar-refractivity contribution in [2.75, 3.05) is 7.11 Å². The van der Waals surface area contributed by atoms with E-state index in [0.29, 0.717) is 25.1 Å². The molecule has 186 valence electrons. The lowest BCUT2D eigenvalue weighted by molar-refractivity contribution is -0.150. The lowest BCUT2D eigenvalue weighted by atomic mass is 9.92. The minimum absolute atomic E-state index is 0.0183. The van der Waals surface area contributed by atoms with E-state index in [1.54, 1.807) is 18.2 Å². The summed E-state index contributed by atoms with van der Waals surface area (Å²) in [4.78, 5) is 24.8. The number of esters is 1. The van der Waals surface area contributed by atoms with Crippen LogP contribution >= 0.6 is 0 Å². The first-order chi connectivity index (χ1) is 17.6. The quantitative estimate of drug-likeness (QED) is 0.439. The zero-order valence-electron chi connectivity index (χ0n) is 20.1. The number of aliphatic hydroxyl groups excluding tert-OH is 1. The Morgan fingerprint density at radius 2 is 1.64 bits per heavy atom. The van der Waals surface area contributed by atoms with Crippen LogP contribution in [-0.2, 0) is 38.8 Å². The van der Waals surface area contributed by atoms with E-state index in [1.807, 2.05) is 66.7 Å². The summed E-state index contributed by atoms with van der Waals surface area (Å²) in [5.74, 6) is -0.682. The lowest BCUT2D eigenvalue weighted by Gasteiger charge is -2.29. The summed E-state index contributed by atoms with van der Waals surface area (Å²) in [5, 5.41) is 12.1. The summed E-state index contributed by atoms with van der Waals surface area (Å²) >= 11 is 0. The number of aliphatic hydroxyl groups is 1. The Morgan fingerprint density at radius 3 is 2.31 bits per heavy atom. The van der Waals surface area contributed by atoms with Crippen LogP contribution in [0.25, 0.3) is 0 Å². The van der Waals surface area contributed by atoms with Gasteiger partial charge in [-0.25, -0.2) is 4.79 Å². The molecule has 0 radical (unpaired) electrons. The Balaban J connectivity index is 1.49. The predicted molar refractivity (Wildman–Crippen MR) is 134 cm³/mol. The number of carbonyl (C=O) groups excluding carboxylic acids is 2. The number of allylic oxidation sites excluding steroid dienone is 1. The monoisotopic (exact) mass is 487 g/mol. The zero-order valence-corrected chi connectivity index (χ0v) is 20.1. The molecule has 2 unspecified atom stereocenters. The van der Waals surface area contributed by atoms with Gasteiger partial charge >= 0.3 is 5.97 Å². The standard InChI is InChI=1S/C29H29NO6/c1-34-29(33)24-13-11-23(12-14-24)25-15-26(28(32)30-17-20-5-3-2-4-6-20)36-27(16-25)35-19-22-9-7-21(18-31)8-10-22/h2-15,25,27,31H,16-19H2,1H3,(H,30,32). The van der Waals surface area contributed by atoms with Crippen molar-refractivity contribution >= 4 is 11.9 Å². The van der Waals surface area contributed by atoms with Crippen molar-refractivity contribution in [1.82, 2.24) is 5.32 Å². The highest BCUT2D eigenvalue weighted by atomic mass is 16.7. The van der Waals surface area contributed by atoms with Gasteiger partial charge in [-0.15, -0.1) is 0 Å². The topological polar surface area (TPSA) is 94.1 Å². The Bertz CT molecular complexity index is 1190. The molecular formula is C29H29NO6. The van der Waals surface area contributed by atoms with Gasteiger partial charge in [0.05, 0.1) is 25.9 Å². The third-order valence-corrected chi connectivity index (χ3v) is 5.98. The lowest BCUT2D eigenvalue weighted by Crippen LogP contribution is -2.32. The molecule has 7 heteroatoms. The molecule has 1 aliphatic rings. The highest BCUT2D eigenvalue weighted by molar-refractivity contribution is 5.91. The third kappa shape index (κ3) is 6.59. The van der Waals surface area contributed by atoms with Crippen molar-refractivity contribution in [3.63, 3.8) is 0 Å². The maximum Gasteiger partial charge on any atom is 0.337 e. The van der Waals surface area contributed by atoms with Gasteiger partial charge in [-0.3, -0.25) is 4.79 Å². The van der Waals surface area contributed by atoms with Crippen LogP contribution in [0.5, 0.6) is 0 Å². The molecule has 0 saturated carbocycles. The average molecular weight is 488 g/mol. The largest absolute Gasteiger partial charge is 0.465 e. The summed E-state index contributed by atoms with van der Waals surface area (Å²) in [6.45, 7) is 0.653. The fourth-order valence-corrected chi connectivity index (χ4v) is 3.93. The number of hydrogen-bond donors (Lipinski definition) is 2. The van der Waals surface area contributed by atoms with Crippen LogP contribution in [0.1, 0.15) is 45.0 Å². The van der Waals surface area contributed by atoms with E-state index >= 15 is 0 Å². The molecule has 3 aromatic carbocycles. The molecule has 1 amide bonds.